The highest BCUT2D eigenvalue weighted by Gasteiger charge is 2.31. The SMILES string of the molecule is COCCN(Cc1ccc(F)c(C(=O)O)c1)C(C)C1CC1. The van der Waals surface area contributed by atoms with Crippen LogP contribution in [0.5, 0.6) is 0 Å². The summed E-state index contributed by atoms with van der Waals surface area (Å²) in [6, 6.07) is 4.74. The lowest BCUT2D eigenvalue weighted by Crippen LogP contribution is -2.36. The van der Waals surface area contributed by atoms with Crippen LogP contribution in [0.25, 0.3) is 0 Å². The minimum atomic E-state index is -1.23. The van der Waals surface area contributed by atoms with E-state index in [1.165, 1.54) is 25.0 Å². The smallest absolute Gasteiger partial charge is 0.338 e. The molecule has 5 heteroatoms. The molecule has 0 aliphatic heterocycles. The standard InChI is InChI=1S/C16H22FNO3/c1-11(13-4-5-13)18(7-8-21-2)10-12-3-6-15(17)14(9-12)16(19)20/h3,6,9,11,13H,4-5,7-8,10H2,1-2H3,(H,19,20). The molecular formula is C16H22FNO3. The molecule has 4 nitrogen and oxygen atoms in total. The number of ether oxygens (including phenoxy) is 1. The first-order valence-corrected chi connectivity index (χ1v) is 7.27. The maximum atomic E-state index is 13.4. The zero-order chi connectivity index (χ0) is 15.4. The molecule has 1 aromatic carbocycles. The first-order valence-electron chi connectivity index (χ1n) is 7.27. The van der Waals surface area contributed by atoms with Crippen molar-refractivity contribution >= 4 is 5.97 Å². The fourth-order valence-electron chi connectivity index (χ4n) is 2.58. The molecule has 0 aromatic heterocycles. The van der Waals surface area contributed by atoms with Crippen LogP contribution in [0.1, 0.15) is 35.7 Å². The number of rotatable bonds is 8. The van der Waals surface area contributed by atoms with Gasteiger partial charge in [-0.15, -0.1) is 0 Å². The Bertz CT molecular complexity index is 502. The molecule has 1 atom stereocenters. The van der Waals surface area contributed by atoms with E-state index in [2.05, 4.69) is 11.8 Å². The van der Waals surface area contributed by atoms with Crippen LogP contribution in [0.4, 0.5) is 4.39 Å². The van der Waals surface area contributed by atoms with Crippen LogP contribution in [0, 0.1) is 11.7 Å². The van der Waals surface area contributed by atoms with Gasteiger partial charge in [-0.1, -0.05) is 6.07 Å². The number of aromatic carboxylic acids is 1. The van der Waals surface area contributed by atoms with Gasteiger partial charge in [0.15, 0.2) is 0 Å². The van der Waals surface area contributed by atoms with Crippen LogP contribution >= 0.6 is 0 Å². The van der Waals surface area contributed by atoms with Gasteiger partial charge in [0, 0.05) is 26.2 Å². The van der Waals surface area contributed by atoms with Gasteiger partial charge in [-0.05, 0) is 43.4 Å². The Morgan fingerprint density at radius 1 is 1.52 bits per heavy atom. The summed E-state index contributed by atoms with van der Waals surface area (Å²) in [5.41, 5.74) is 0.552. The summed E-state index contributed by atoms with van der Waals surface area (Å²) in [4.78, 5) is 13.3. The first kappa shape index (κ1) is 15.9. The highest BCUT2D eigenvalue weighted by atomic mass is 19.1. The van der Waals surface area contributed by atoms with Gasteiger partial charge in [0.2, 0.25) is 0 Å². The number of nitrogens with zero attached hydrogens (tertiary/aromatic N) is 1. The summed E-state index contributed by atoms with van der Waals surface area (Å²) in [6.07, 6.45) is 2.49. The Morgan fingerprint density at radius 3 is 2.81 bits per heavy atom. The number of hydrogen-bond donors (Lipinski definition) is 1. The first-order chi connectivity index (χ1) is 10.0. The van der Waals surface area contributed by atoms with E-state index in [-0.39, 0.29) is 5.56 Å². The molecule has 0 bridgehead atoms. The van der Waals surface area contributed by atoms with E-state index in [4.69, 9.17) is 9.84 Å². The molecule has 1 aromatic rings. The lowest BCUT2D eigenvalue weighted by atomic mass is 10.1. The summed E-state index contributed by atoms with van der Waals surface area (Å²) in [7, 11) is 1.67. The van der Waals surface area contributed by atoms with Gasteiger partial charge >= 0.3 is 5.97 Å². The number of benzene rings is 1. The van der Waals surface area contributed by atoms with E-state index in [1.807, 2.05) is 0 Å². The third kappa shape index (κ3) is 4.25. The minimum Gasteiger partial charge on any atom is -0.478 e. The largest absolute Gasteiger partial charge is 0.478 e. The quantitative estimate of drug-likeness (QED) is 0.801. The maximum Gasteiger partial charge on any atom is 0.338 e. The van der Waals surface area contributed by atoms with Gasteiger partial charge in [0.1, 0.15) is 5.82 Å². The molecule has 1 aliphatic carbocycles. The predicted octanol–water partition coefficient (Wildman–Crippen LogP) is 2.77. The van der Waals surface area contributed by atoms with Gasteiger partial charge in [-0.25, -0.2) is 9.18 Å². The second-order valence-corrected chi connectivity index (χ2v) is 5.66. The van der Waals surface area contributed by atoms with Crippen LogP contribution in [-0.4, -0.2) is 42.3 Å². The highest BCUT2D eigenvalue weighted by Crippen LogP contribution is 2.35. The molecule has 116 valence electrons. The zero-order valence-electron chi connectivity index (χ0n) is 12.5. The molecule has 21 heavy (non-hydrogen) atoms. The molecule has 1 saturated carbocycles. The Balaban J connectivity index is 2.11. The average molecular weight is 295 g/mol. The molecule has 1 aliphatic rings. The molecule has 0 heterocycles. The van der Waals surface area contributed by atoms with E-state index < -0.39 is 11.8 Å². The van der Waals surface area contributed by atoms with Crippen molar-refractivity contribution in [1.29, 1.82) is 0 Å². The van der Waals surface area contributed by atoms with Crippen molar-refractivity contribution in [2.75, 3.05) is 20.3 Å². The second kappa shape index (κ2) is 7.00. The normalized spacial score (nSPS) is 16.2. The zero-order valence-corrected chi connectivity index (χ0v) is 12.5. The van der Waals surface area contributed by atoms with Crippen molar-refractivity contribution in [3.8, 4) is 0 Å². The summed E-state index contributed by atoms with van der Waals surface area (Å²) >= 11 is 0. The average Bonchev–Trinajstić information content (AvgIpc) is 3.28. The molecule has 1 unspecified atom stereocenters. The summed E-state index contributed by atoms with van der Waals surface area (Å²) < 4.78 is 18.6. The summed E-state index contributed by atoms with van der Waals surface area (Å²) in [6.45, 7) is 4.22. The fourth-order valence-corrected chi connectivity index (χ4v) is 2.58. The molecule has 0 radical (unpaired) electrons. The summed E-state index contributed by atoms with van der Waals surface area (Å²) in [5, 5.41) is 9.00. The number of carboxylic acids is 1. The lowest BCUT2D eigenvalue weighted by Gasteiger charge is -2.29. The third-order valence-electron chi connectivity index (χ3n) is 4.11. The van der Waals surface area contributed by atoms with E-state index in [9.17, 15) is 9.18 Å². The number of carbonyl (C=O) groups is 1. The topological polar surface area (TPSA) is 49.8 Å². The van der Waals surface area contributed by atoms with Gasteiger partial charge in [0.05, 0.1) is 12.2 Å². The Kier molecular flexibility index (Phi) is 5.31. The van der Waals surface area contributed by atoms with Crippen molar-refractivity contribution in [2.45, 2.75) is 32.4 Å². The molecule has 0 spiro atoms. The maximum absolute atomic E-state index is 13.4. The van der Waals surface area contributed by atoms with Crippen LogP contribution < -0.4 is 0 Å². The van der Waals surface area contributed by atoms with Crippen LogP contribution in [-0.2, 0) is 11.3 Å². The number of methoxy groups -OCH3 is 1. The summed E-state index contributed by atoms with van der Waals surface area (Å²) in [5.74, 6) is -1.21. The predicted molar refractivity (Wildman–Crippen MR) is 77.8 cm³/mol. The Labute approximate surface area is 124 Å². The molecular weight excluding hydrogens is 273 g/mol. The number of hydrogen-bond acceptors (Lipinski definition) is 3. The molecule has 0 amide bonds. The van der Waals surface area contributed by atoms with Crippen LogP contribution in [0.3, 0.4) is 0 Å². The molecule has 0 saturated heterocycles. The van der Waals surface area contributed by atoms with Gasteiger partial charge in [0.25, 0.3) is 0 Å². The van der Waals surface area contributed by atoms with E-state index in [0.29, 0.717) is 25.1 Å². The van der Waals surface area contributed by atoms with Crippen molar-refractivity contribution in [3.63, 3.8) is 0 Å². The Morgan fingerprint density at radius 2 is 2.24 bits per heavy atom. The monoisotopic (exact) mass is 295 g/mol. The van der Waals surface area contributed by atoms with Gasteiger partial charge in [-0.3, -0.25) is 4.90 Å². The molecule has 1 fully saturated rings. The van der Waals surface area contributed by atoms with E-state index in [0.717, 1.165) is 12.1 Å². The molecule has 1 N–H and O–H groups in total. The highest BCUT2D eigenvalue weighted by molar-refractivity contribution is 5.88. The second-order valence-electron chi connectivity index (χ2n) is 5.66. The van der Waals surface area contributed by atoms with Crippen LogP contribution in [0.2, 0.25) is 0 Å². The van der Waals surface area contributed by atoms with Gasteiger partial charge in [-0.2, -0.15) is 0 Å². The van der Waals surface area contributed by atoms with Crippen LogP contribution in [0.15, 0.2) is 18.2 Å². The Hall–Kier alpha value is -1.46. The lowest BCUT2D eigenvalue weighted by molar-refractivity contribution is 0.0691. The van der Waals surface area contributed by atoms with Crippen molar-refractivity contribution in [3.05, 3.63) is 35.1 Å². The van der Waals surface area contributed by atoms with Crippen molar-refractivity contribution in [2.24, 2.45) is 5.92 Å². The van der Waals surface area contributed by atoms with Crippen molar-refractivity contribution < 1.29 is 19.0 Å². The van der Waals surface area contributed by atoms with E-state index in [1.54, 1.807) is 13.2 Å². The van der Waals surface area contributed by atoms with Crippen molar-refractivity contribution in [1.82, 2.24) is 4.90 Å². The van der Waals surface area contributed by atoms with Gasteiger partial charge < -0.3 is 9.84 Å². The number of halogens is 1. The third-order valence-corrected chi connectivity index (χ3v) is 4.11. The fraction of sp³-hybridized carbons (Fsp3) is 0.562. The minimum absolute atomic E-state index is 0.265. The molecule has 2 rings (SSSR count). The number of carboxylic acid groups (broad SMARTS) is 1. The van der Waals surface area contributed by atoms with E-state index >= 15 is 0 Å².